The number of hydrogen-bond acceptors (Lipinski definition) is 3. The molecule has 2 aromatic rings. The van der Waals surface area contributed by atoms with E-state index >= 15 is 0 Å². The van der Waals surface area contributed by atoms with Crippen LogP contribution in [0.5, 0.6) is 5.75 Å². The second-order valence-electron chi connectivity index (χ2n) is 6.94. The van der Waals surface area contributed by atoms with Gasteiger partial charge in [0.25, 0.3) is 0 Å². The Hall–Kier alpha value is -1.84. The van der Waals surface area contributed by atoms with Crippen molar-refractivity contribution < 1.29 is 14.9 Å². The molecular formula is C21H28O3. The Balaban J connectivity index is 2.00. The normalized spacial score (nSPS) is 11.5. The van der Waals surface area contributed by atoms with E-state index in [1.165, 1.54) is 5.56 Å². The highest BCUT2D eigenvalue weighted by Gasteiger charge is 2.15. The molecule has 0 aliphatic rings. The Morgan fingerprint density at radius 2 is 1.25 bits per heavy atom. The zero-order valence-corrected chi connectivity index (χ0v) is 15.3. The Bertz CT molecular complexity index is 628. The summed E-state index contributed by atoms with van der Waals surface area (Å²) in [5.74, 6) is 0.927. The summed E-state index contributed by atoms with van der Waals surface area (Å²) < 4.78 is 0. The maximum absolute atomic E-state index is 10.4. The Kier molecular flexibility index (Phi) is 6.41. The van der Waals surface area contributed by atoms with Gasteiger partial charge in [0, 0.05) is 0 Å². The first-order chi connectivity index (χ1) is 11.4. The highest BCUT2D eigenvalue weighted by atomic mass is 17.2. The molecule has 0 saturated carbocycles. The molecular weight excluding hydrogens is 300 g/mol. The summed E-state index contributed by atoms with van der Waals surface area (Å²) in [6.07, 6.45) is 0. The third-order valence-electron chi connectivity index (χ3n) is 4.13. The second-order valence-corrected chi connectivity index (χ2v) is 6.94. The summed E-state index contributed by atoms with van der Waals surface area (Å²) in [4.78, 5) is 10.7. The van der Waals surface area contributed by atoms with Gasteiger partial charge in [0.2, 0.25) is 0 Å². The predicted octanol–water partition coefficient (Wildman–Crippen LogP) is 5.60. The van der Waals surface area contributed by atoms with Crippen LogP contribution < -0.4 is 0 Å². The fourth-order valence-corrected chi connectivity index (χ4v) is 2.61. The molecule has 0 fully saturated rings. The van der Waals surface area contributed by atoms with E-state index in [0.717, 1.165) is 22.3 Å². The van der Waals surface area contributed by atoms with Crippen molar-refractivity contribution >= 4 is 0 Å². The van der Waals surface area contributed by atoms with E-state index in [1.807, 2.05) is 24.3 Å². The monoisotopic (exact) mass is 328 g/mol. The van der Waals surface area contributed by atoms with E-state index in [0.29, 0.717) is 19.0 Å². The lowest BCUT2D eigenvalue weighted by Crippen LogP contribution is -2.01. The molecule has 0 radical (unpaired) electrons. The molecule has 0 unspecified atom stereocenters. The zero-order valence-electron chi connectivity index (χ0n) is 15.3. The molecule has 3 heteroatoms. The number of phenolic OH excluding ortho intramolecular Hbond substituents is 1. The maximum Gasteiger partial charge on any atom is 0.122 e. The van der Waals surface area contributed by atoms with Crippen molar-refractivity contribution in [3.63, 3.8) is 0 Å². The van der Waals surface area contributed by atoms with Gasteiger partial charge in [-0.1, -0.05) is 57.5 Å². The van der Waals surface area contributed by atoms with Crippen molar-refractivity contribution in [2.75, 3.05) is 0 Å². The van der Waals surface area contributed by atoms with Gasteiger partial charge in [0.1, 0.15) is 19.0 Å². The van der Waals surface area contributed by atoms with Gasteiger partial charge in [-0.25, -0.2) is 9.78 Å². The lowest BCUT2D eigenvalue weighted by molar-refractivity contribution is -0.313. The lowest BCUT2D eigenvalue weighted by Gasteiger charge is -2.17. The molecule has 0 bridgehead atoms. The van der Waals surface area contributed by atoms with Crippen molar-refractivity contribution in [3.8, 4) is 5.75 Å². The fraction of sp³-hybridized carbons (Fsp3) is 0.429. The first-order valence-corrected chi connectivity index (χ1v) is 8.54. The number of aromatic hydroxyl groups is 1. The molecule has 0 atom stereocenters. The van der Waals surface area contributed by atoms with Crippen molar-refractivity contribution in [2.24, 2.45) is 0 Å². The summed E-state index contributed by atoms with van der Waals surface area (Å²) in [5.41, 5.74) is 5.24. The molecule has 24 heavy (non-hydrogen) atoms. The van der Waals surface area contributed by atoms with E-state index in [4.69, 9.17) is 9.78 Å². The predicted molar refractivity (Wildman–Crippen MR) is 97.0 cm³/mol. The van der Waals surface area contributed by atoms with Gasteiger partial charge >= 0.3 is 0 Å². The summed E-state index contributed by atoms with van der Waals surface area (Å²) in [7, 11) is 0. The quantitative estimate of drug-likeness (QED) is 0.409. The standard InChI is InChI=1S/C21H28O3/c1-14(2)19-10-18(11-20(15(3)4)21(19)22)13-24-23-12-17-8-6-16(5)7-9-17/h6-11,14-15,22H,12-13H2,1-5H3. The zero-order chi connectivity index (χ0) is 17.7. The largest absolute Gasteiger partial charge is 0.507 e. The van der Waals surface area contributed by atoms with Gasteiger partial charge < -0.3 is 5.11 Å². The summed E-state index contributed by atoms with van der Waals surface area (Å²) in [6.45, 7) is 11.2. The van der Waals surface area contributed by atoms with E-state index in [1.54, 1.807) is 0 Å². The summed E-state index contributed by atoms with van der Waals surface area (Å²) >= 11 is 0. The van der Waals surface area contributed by atoms with E-state index in [-0.39, 0.29) is 11.8 Å². The number of benzene rings is 2. The molecule has 1 N–H and O–H groups in total. The minimum atomic E-state index is 0.260. The van der Waals surface area contributed by atoms with E-state index in [9.17, 15) is 5.11 Å². The van der Waals surface area contributed by atoms with Crippen LogP contribution in [0, 0.1) is 6.92 Å². The molecule has 0 amide bonds. The number of phenols is 1. The van der Waals surface area contributed by atoms with Gasteiger partial charge in [-0.2, -0.15) is 0 Å². The van der Waals surface area contributed by atoms with E-state index in [2.05, 4.69) is 46.8 Å². The lowest BCUT2D eigenvalue weighted by atomic mass is 9.92. The van der Waals surface area contributed by atoms with Crippen LogP contribution in [0.2, 0.25) is 0 Å². The number of rotatable bonds is 7. The minimum absolute atomic E-state index is 0.260. The average Bonchev–Trinajstić information content (AvgIpc) is 2.53. The van der Waals surface area contributed by atoms with Crippen LogP contribution in [0.4, 0.5) is 0 Å². The molecule has 0 aliphatic carbocycles. The van der Waals surface area contributed by atoms with Crippen LogP contribution in [0.1, 0.15) is 67.3 Å². The molecule has 0 aromatic heterocycles. The Labute approximate surface area is 145 Å². The van der Waals surface area contributed by atoms with Crippen LogP contribution in [0.25, 0.3) is 0 Å². The first-order valence-electron chi connectivity index (χ1n) is 8.54. The fourth-order valence-electron chi connectivity index (χ4n) is 2.61. The molecule has 3 nitrogen and oxygen atoms in total. The topological polar surface area (TPSA) is 38.7 Å². The Morgan fingerprint density at radius 1 is 0.792 bits per heavy atom. The van der Waals surface area contributed by atoms with Crippen molar-refractivity contribution in [3.05, 3.63) is 64.2 Å². The highest BCUT2D eigenvalue weighted by molar-refractivity contribution is 5.46. The van der Waals surface area contributed by atoms with Gasteiger partial charge in [0.15, 0.2) is 0 Å². The van der Waals surface area contributed by atoms with Crippen LogP contribution >= 0.6 is 0 Å². The molecule has 0 aliphatic heterocycles. The van der Waals surface area contributed by atoms with Gasteiger partial charge in [-0.15, -0.1) is 0 Å². The molecule has 2 rings (SSSR count). The SMILES string of the molecule is Cc1ccc(COOCc2cc(C(C)C)c(O)c(C(C)C)c2)cc1. The Morgan fingerprint density at radius 3 is 1.71 bits per heavy atom. The van der Waals surface area contributed by atoms with Crippen LogP contribution in [0.15, 0.2) is 36.4 Å². The van der Waals surface area contributed by atoms with Crippen LogP contribution in [0.3, 0.4) is 0 Å². The summed E-state index contributed by atoms with van der Waals surface area (Å²) in [6, 6.07) is 12.2. The molecule has 0 spiro atoms. The molecule has 130 valence electrons. The first kappa shape index (κ1) is 18.5. The van der Waals surface area contributed by atoms with Crippen molar-refractivity contribution in [2.45, 2.75) is 59.7 Å². The number of aryl methyl sites for hydroxylation is 1. The average molecular weight is 328 g/mol. The van der Waals surface area contributed by atoms with Gasteiger partial charge in [0.05, 0.1) is 0 Å². The van der Waals surface area contributed by atoms with Crippen LogP contribution in [-0.2, 0) is 23.0 Å². The van der Waals surface area contributed by atoms with E-state index < -0.39 is 0 Å². The third-order valence-corrected chi connectivity index (χ3v) is 4.13. The minimum Gasteiger partial charge on any atom is -0.507 e. The van der Waals surface area contributed by atoms with Gasteiger partial charge in [-0.3, -0.25) is 0 Å². The smallest absolute Gasteiger partial charge is 0.122 e. The molecule has 0 heterocycles. The van der Waals surface area contributed by atoms with Gasteiger partial charge in [-0.05, 0) is 53.1 Å². The second kappa shape index (κ2) is 8.32. The third kappa shape index (κ3) is 4.83. The van der Waals surface area contributed by atoms with Crippen LogP contribution in [-0.4, -0.2) is 5.11 Å². The molecule has 2 aromatic carbocycles. The highest BCUT2D eigenvalue weighted by Crippen LogP contribution is 2.34. The summed E-state index contributed by atoms with van der Waals surface area (Å²) in [5, 5.41) is 10.4. The number of hydrogen-bond donors (Lipinski definition) is 1. The van der Waals surface area contributed by atoms with Crippen molar-refractivity contribution in [1.82, 2.24) is 0 Å². The maximum atomic E-state index is 10.4. The van der Waals surface area contributed by atoms with Crippen molar-refractivity contribution in [1.29, 1.82) is 0 Å². The molecule has 0 saturated heterocycles.